The maximum atomic E-state index is 13.1. The van der Waals surface area contributed by atoms with Gasteiger partial charge in [0, 0.05) is 28.9 Å². The van der Waals surface area contributed by atoms with Gasteiger partial charge in [-0.1, -0.05) is 42.5 Å². The number of carbonyl (C=O) groups excluding carboxylic acids is 2. The van der Waals surface area contributed by atoms with Crippen molar-refractivity contribution in [2.75, 3.05) is 0 Å². The van der Waals surface area contributed by atoms with Crippen molar-refractivity contribution in [1.29, 1.82) is 0 Å². The summed E-state index contributed by atoms with van der Waals surface area (Å²) in [5.74, 6) is 0.441. The minimum atomic E-state index is -0.211. The van der Waals surface area contributed by atoms with E-state index < -0.39 is 0 Å². The number of carbonyl (C=O) groups is 2. The van der Waals surface area contributed by atoms with Crippen molar-refractivity contribution >= 4 is 22.6 Å². The molecule has 2 N–H and O–H groups in total. The third kappa shape index (κ3) is 3.91. The minimum Gasteiger partial charge on any atom is -0.356 e. The number of H-pyrrole nitrogens is 1. The number of amides is 1. The molecule has 2 aliphatic rings. The second-order valence-electron chi connectivity index (χ2n) is 9.24. The summed E-state index contributed by atoms with van der Waals surface area (Å²) < 4.78 is 0. The van der Waals surface area contributed by atoms with E-state index in [1.807, 2.05) is 25.1 Å². The number of hydrogen-bond acceptors (Lipinski definition) is 2. The van der Waals surface area contributed by atoms with Gasteiger partial charge >= 0.3 is 0 Å². The number of nitrogens with one attached hydrogen (secondary N) is 2. The summed E-state index contributed by atoms with van der Waals surface area (Å²) in [5, 5.41) is 4.58. The fraction of sp³-hybridized carbons (Fsp3) is 0.407. The van der Waals surface area contributed by atoms with Crippen LogP contribution in [-0.2, 0) is 22.4 Å². The lowest BCUT2D eigenvalue weighted by Crippen LogP contribution is -2.34. The first-order chi connectivity index (χ1) is 15.1. The summed E-state index contributed by atoms with van der Waals surface area (Å²) >= 11 is 0. The number of para-hydroxylation sites is 1. The standard InChI is InChI=1S/C27H30N2O2/c1-17(19-14-12-18(13-15-19)16-20-6-4-11-25(20)30)27(31)29-24-10-5-8-22-21-7-2-3-9-23(21)28-26(22)24/h2-3,7,9,12-15,17,20,24,28H,4-6,8,10-11,16H2,1H3,(H,29,31). The molecule has 2 aliphatic carbocycles. The maximum absolute atomic E-state index is 13.1. The molecular formula is C27H30N2O2. The van der Waals surface area contributed by atoms with Crippen molar-refractivity contribution in [1.82, 2.24) is 10.3 Å². The van der Waals surface area contributed by atoms with E-state index in [0.29, 0.717) is 5.78 Å². The monoisotopic (exact) mass is 414 g/mol. The molecule has 4 heteroatoms. The molecule has 4 nitrogen and oxygen atoms in total. The predicted molar refractivity (Wildman–Crippen MR) is 123 cm³/mol. The highest BCUT2D eigenvalue weighted by Gasteiger charge is 2.28. The Balaban J connectivity index is 1.27. The number of aryl methyl sites for hydroxylation is 1. The number of hydrogen-bond donors (Lipinski definition) is 2. The lowest BCUT2D eigenvalue weighted by Gasteiger charge is -2.25. The third-order valence-electron chi connectivity index (χ3n) is 7.22. The number of aromatic amines is 1. The molecule has 0 bridgehead atoms. The number of benzene rings is 2. The van der Waals surface area contributed by atoms with Crippen molar-refractivity contribution in [3.8, 4) is 0 Å². The number of fused-ring (bicyclic) bond motifs is 3. The van der Waals surface area contributed by atoms with E-state index in [2.05, 4.69) is 40.6 Å². The Labute approximate surface area is 183 Å². The van der Waals surface area contributed by atoms with Crippen molar-refractivity contribution in [2.24, 2.45) is 5.92 Å². The molecule has 3 unspecified atom stereocenters. The first-order valence-electron chi connectivity index (χ1n) is 11.6. The van der Waals surface area contributed by atoms with E-state index in [1.165, 1.54) is 22.2 Å². The van der Waals surface area contributed by atoms with Crippen LogP contribution in [0.2, 0.25) is 0 Å². The molecule has 1 saturated carbocycles. The van der Waals surface area contributed by atoms with Crippen LogP contribution in [0.1, 0.15) is 73.4 Å². The highest BCUT2D eigenvalue weighted by Crippen LogP contribution is 2.35. The summed E-state index contributed by atoms with van der Waals surface area (Å²) in [7, 11) is 0. The Hall–Kier alpha value is -2.88. The zero-order valence-corrected chi connectivity index (χ0v) is 18.1. The Bertz CT molecular complexity index is 1110. The second-order valence-corrected chi connectivity index (χ2v) is 9.24. The van der Waals surface area contributed by atoms with Crippen LogP contribution in [0.4, 0.5) is 0 Å². The number of Topliss-reactive ketones (excluding diaryl/α,β-unsaturated/α-hetero) is 1. The highest BCUT2D eigenvalue weighted by atomic mass is 16.2. The van der Waals surface area contributed by atoms with Crippen LogP contribution in [0.5, 0.6) is 0 Å². The molecule has 1 amide bonds. The van der Waals surface area contributed by atoms with Gasteiger partial charge in [0.2, 0.25) is 5.91 Å². The van der Waals surface area contributed by atoms with E-state index in [1.54, 1.807) is 0 Å². The second kappa shape index (κ2) is 8.33. The lowest BCUT2D eigenvalue weighted by atomic mass is 9.90. The maximum Gasteiger partial charge on any atom is 0.227 e. The van der Waals surface area contributed by atoms with E-state index in [-0.39, 0.29) is 23.8 Å². The van der Waals surface area contributed by atoms with Gasteiger partial charge < -0.3 is 10.3 Å². The van der Waals surface area contributed by atoms with E-state index in [0.717, 1.165) is 56.0 Å². The summed E-state index contributed by atoms with van der Waals surface area (Å²) in [4.78, 5) is 28.5. The zero-order chi connectivity index (χ0) is 21.4. The average Bonchev–Trinajstić information content (AvgIpc) is 3.37. The van der Waals surface area contributed by atoms with Gasteiger partial charge in [0.05, 0.1) is 12.0 Å². The van der Waals surface area contributed by atoms with Crippen LogP contribution >= 0.6 is 0 Å². The van der Waals surface area contributed by atoms with E-state index in [9.17, 15) is 9.59 Å². The summed E-state index contributed by atoms with van der Waals surface area (Å²) in [5.41, 5.74) is 5.88. The lowest BCUT2D eigenvalue weighted by molar-refractivity contribution is -0.123. The molecule has 2 aromatic carbocycles. The highest BCUT2D eigenvalue weighted by molar-refractivity contribution is 5.87. The smallest absolute Gasteiger partial charge is 0.227 e. The van der Waals surface area contributed by atoms with E-state index >= 15 is 0 Å². The molecule has 0 aliphatic heterocycles. The number of rotatable bonds is 5. The first-order valence-corrected chi connectivity index (χ1v) is 11.6. The molecule has 1 aromatic heterocycles. The SMILES string of the molecule is CC(C(=O)NC1CCCc2c1[nH]c1ccccc21)c1ccc(CC2CCCC2=O)cc1. The van der Waals surface area contributed by atoms with Gasteiger partial charge in [-0.25, -0.2) is 0 Å². The van der Waals surface area contributed by atoms with Gasteiger partial charge in [0.1, 0.15) is 5.78 Å². The number of aromatic nitrogens is 1. The van der Waals surface area contributed by atoms with Crippen LogP contribution in [-0.4, -0.2) is 16.7 Å². The average molecular weight is 415 g/mol. The van der Waals surface area contributed by atoms with Crippen molar-refractivity contribution in [3.05, 3.63) is 70.9 Å². The third-order valence-corrected chi connectivity index (χ3v) is 7.22. The fourth-order valence-electron chi connectivity index (χ4n) is 5.34. The summed E-state index contributed by atoms with van der Waals surface area (Å²) in [6.45, 7) is 1.97. The Kier molecular flexibility index (Phi) is 5.39. The molecule has 3 atom stereocenters. The molecule has 1 heterocycles. The Morgan fingerprint density at radius 2 is 1.84 bits per heavy atom. The molecule has 31 heavy (non-hydrogen) atoms. The van der Waals surface area contributed by atoms with Crippen molar-refractivity contribution in [3.63, 3.8) is 0 Å². The minimum absolute atomic E-state index is 0.0405. The van der Waals surface area contributed by atoms with Gasteiger partial charge in [0.15, 0.2) is 0 Å². The predicted octanol–water partition coefficient (Wildman–Crippen LogP) is 5.38. The molecule has 1 fully saturated rings. The molecule has 0 radical (unpaired) electrons. The Morgan fingerprint density at radius 3 is 2.61 bits per heavy atom. The van der Waals surface area contributed by atoms with Crippen molar-refractivity contribution in [2.45, 2.75) is 63.8 Å². The molecule has 160 valence electrons. The van der Waals surface area contributed by atoms with Gasteiger partial charge in [-0.05, 0) is 68.2 Å². The zero-order valence-electron chi connectivity index (χ0n) is 18.1. The molecule has 5 rings (SSSR count). The fourth-order valence-corrected chi connectivity index (χ4v) is 5.34. The normalized spacial score (nSPS) is 21.8. The van der Waals surface area contributed by atoms with Crippen LogP contribution in [0.15, 0.2) is 48.5 Å². The molecule has 0 saturated heterocycles. The molecular weight excluding hydrogens is 384 g/mol. The topological polar surface area (TPSA) is 62.0 Å². The summed E-state index contributed by atoms with van der Waals surface area (Å²) in [6.07, 6.45) is 6.71. The van der Waals surface area contributed by atoms with Crippen molar-refractivity contribution < 1.29 is 9.59 Å². The van der Waals surface area contributed by atoms with Gasteiger partial charge in [0.25, 0.3) is 0 Å². The van der Waals surface area contributed by atoms with Crippen LogP contribution < -0.4 is 5.32 Å². The number of ketones is 1. The van der Waals surface area contributed by atoms with Crippen LogP contribution in [0.25, 0.3) is 10.9 Å². The first kappa shape index (κ1) is 20.0. The molecule has 0 spiro atoms. The van der Waals surface area contributed by atoms with Gasteiger partial charge in [-0.3, -0.25) is 9.59 Å². The van der Waals surface area contributed by atoms with Gasteiger partial charge in [-0.2, -0.15) is 0 Å². The van der Waals surface area contributed by atoms with Gasteiger partial charge in [-0.15, -0.1) is 0 Å². The van der Waals surface area contributed by atoms with Crippen LogP contribution in [0, 0.1) is 5.92 Å². The van der Waals surface area contributed by atoms with E-state index in [4.69, 9.17) is 0 Å². The molecule has 3 aromatic rings. The van der Waals surface area contributed by atoms with Crippen LogP contribution in [0.3, 0.4) is 0 Å². The quantitative estimate of drug-likeness (QED) is 0.589. The summed E-state index contributed by atoms with van der Waals surface area (Å²) in [6, 6.07) is 16.7. The largest absolute Gasteiger partial charge is 0.356 e. The Morgan fingerprint density at radius 1 is 1.06 bits per heavy atom.